The zero-order chi connectivity index (χ0) is 13.5. The highest BCUT2D eigenvalue weighted by Gasteiger charge is 2.18. The van der Waals surface area contributed by atoms with Crippen molar-refractivity contribution in [1.29, 1.82) is 0 Å². The van der Waals surface area contributed by atoms with E-state index >= 15 is 0 Å². The standard InChI is InChI=1S/C14H19N3O/c1-14(2,3)9-5-6-12(18)10(7-9)11-8-16-17(4)13(11)15/h5-8,18H,15H2,1-4H3. The summed E-state index contributed by atoms with van der Waals surface area (Å²) in [6.07, 6.45) is 1.68. The van der Waals surface area contributed by atoms with Crippen molar-refractivity contribution in [2.24, 2.45) is 7.05 Å². The summed E-state index contributed by atoms with van der Waals surface area (Å²) in [6, 6.07) is 5.62. The number of hydrogen-bond donors (Lipinski definition) is 2. The third-order valence-electron chi connectivity index (χ3n) is 3.14. The molecule has 0 saturated carbocycles. The normalized spacial score (nSPS) is 11.8. The Morgan fingerprint density at radius 2 is 1.89 bits per heavy atom. The van der Waals surface area contributed by atoms with Crippen LogP contribution in [0.5, 0.6) is 5.75 Å². The van der Waals surface area contributed by atoms with Crippen LogP contribution in [0.3, 0.4) is 0 Å². The van der Waals surface area contributed by atoms with Crippen LogP contribution in [0.2, 0.25) is 0 Å². The average molecular weight is 245 g/mol. The molecule has 0 saturated heterocycles. The number of nitrogens with zero attached hydrogens (tertiary/aromatic N) is 2. The maximum absolute atomic E-state index is 10.00. The Kier molecular flexibility index (Phi) is 2.81. The van der Waals surface area contributed by atoms with Gasteiger partial charge in [-0.2, -0.15) is 5.10 Å². The number of aromatic hydroxyl groups is 1. The molecule has 1 aromatic carbocycles. The summed E-state index contributed by atoms with van der Waals surface area (Å²) < 4.78 is 1.60. The van der Waals surface area contributed by atoms with Gasteiger partial charge in [0.05, 0.1) is 6.20 Å². The number of nitrogen functional groups attached to an aromatic ring is 1. The zero-order valence-corrected chi connectivity index (χ0v) is 11.2. The molecule has 4 nitrogen and oxygen atoms in total. The molecule has 0 radical (unpaired) electrons. The van der Waals surface area contributed by atoms with Crippen LogP contribution in [0.15, 0.2) is 24.4 Å². The first-order valence-corrected chi connectivity index (χ1v) is 5.92. The summed E-state index contributed by atoms with van der Waals surface area (Å²) in [5.74, 6) is 0.777. The van der Waals surface area contributed by atoms with E-state index in [-0.39, 0.29) is 11.2 Å². The van der Waals surface area contributed by atoms with E-state index in [0.29, 0.717) is 5.82 Å². The first-order valence-electron chi connectivity index (χ1n) is 5.92. The Balaban J connectivity index is 2.61. The molecule has 96 valence electrons. The van der Waals surface area contributed by atoms with Crippen LogP contribution in [-0.4, -0.2) is 14.9 Å². The molecule has 3 N–H and O–H groups in total. The van der Waals surface area contributed by atoms with Gasteiger partial charge < -0.3 is 10.8 Å². The molecule has 0 aliphatic carbocycles. The Morgan fingerprint density at radius 3 is 2.39 bits per heavy atom. The lowest BCUT2D eigenvalue weighted by Gasteiger charge is -2.20. The summed E-state index contributed by atoms with van der Waals surface area (Å²) >= 11 is 0. The second kappa shape index (κ2) is 4.05. The van der Waals surface area contributed by atoms with Crippen molar-refractivity contribution in [2.75, 3.05) is 5.73 Å². The van der Waals surface area contributed by atoms with Crippen LogP contribution in [0, 0.1) is 0 Å². The number of hydrogen-bond acceptors (Lipinski definition) is 3. The molecule has 0 bridgehead atoms. The molecule has 1 heterocycles. The molecule has 2 aromatic rings. The summed E-state index contributed by atoms with van der Waals surface area (Å²) in [7, 11) is 1.78. The van der Waals surface area contributed by atoms with Crippen LogP contribution >= 0.6 is 0 Å². The molecule has 18 heavy (non-hydrogen) atoms. The van der Waals surface area contributed by atoms with Gasteiger partial charge in [-0.05, 0) is 23.1 Å². The summed E-state index contributed by atoms with van der Waals surface area (Å²) in [4.78, 5) is 0. The fourth-order valence-corrected chi connectivity index (χ4v) is 1.87. The maximum Gasteiger partial charge on any atom is 0.129 e. The number of phenolic OH excluding ortho intramolecular Hbond substituents is 1. The molecule has 0 aliphatic rings. The Morgan fingerprint density at radius 1 is 1.22 bits per heavy atom. The van der Waals surface area contributed by atoms with Crippen LogP contribution in [0.4, 0.5) is 5.82 Å². The third kappa shape index (κ3) is 2.06. The largest absolute Gasteiger partial charge is 0.507 e. The lowest BCUT2D eigenvalue weighted by Crippen LogP contribution is -2.10. The van der Waals surface area contributed by atoms with Gasteiger partial charge in [0.25, 0.3) is 0 Å². The summed E-state index contributed by atoms with van der Waals surface area (Å²) in [5.41, 5.74) is 8.63. The molecule has 1 aromatic heterocycles. The first-order chi connectivity index (χ1) is 8.30. The van der Waals surface area contributed by atoms with E-state index in [1.54, 1.807) is 24.0 Å². The Hall–Kier alpha value is -1.97. The SMILES string of the molecule is Cn1ncc(-c2cc(C(C)(C)C)ccc2O)c1N. The Bertz CT molecular complexity index is 579. The molecule has 2 rings (SSSR count). The van der Waals surface area contributed by atoms with Gasteiger partial charge in [0.2, 0.25) is 0 Å². The molecule has 0 aliphatic heterocycles. The van der Waals surface area contributed by atoms with Gasteiger partial charge in [0, 0.05) is 18.2 Å². The van der Waals surface area contributed by atoms with Crippen molar-refractivity contribution < 1.29 is 5.11 Å². The molecule has 0 spiro atoms. The smallest absolute Gasteiger partial charge is 0.129 e. The summed E-state index contributed by atoms with van der Waals surface area (Å²) in [6.45, 7) is 6.40. The van der Waals surface area contributed by atoms with Gasteiger partial charge in [-0.3, -0.25) is 4.68 Å². The fourth-order valence-electron chi connectivity index (χ4n) is 1.87. The molecular weight excluding hydrogens is 226 g/mol. The quantitative estimate of drug-likeness (QED) is 0.811. The van der Waals surface area contributed by atoms with E-state index in [1.807, 2.05) is 12.1 Å². The highest BCUT2D eigenvalue weighted by Crippen LogP contribution is 2.36. The van der Waals surface area contributed by atoms with Crippen molar-refractivity contribution in [3.63, 3.8) is 0 Å². The first kappa shape index (κ1) is 12.5. The molecule has 0 atom stereocenters. The molecule has 0 amide bonds. The van der Waals surface area contributed by atoms with Gasteiger partial charge in [-0.15, -0.1) is 0 Å². The zero-order valence-electron chi connectivity index (χ0n) is 11.2. The van der Waals surface area contributed by atoms with Crippen molar-refractivity contribution in [3.8, 4) is 16.9 Å². The van der Waals surface area contributed by atoms with Crippen molar-refractivity contribution in [1.82, 2.24) is 9.78 Å². The highest BCUT2D eigenvalue weighted by atomic mass is 16.3. The van der Waals surface area contributed by atoms with Crippen molar-refractivity contribution in [2.45, 2.75) is 26.2 Å². The minimum absolute atomic E-state index is 0.0272. The number of phenols is 1. The number of nitrogens with two attached hydrogens (primary N) is 1. The lowest BCUT2D eigenvalue weighted by molar-refractivity contribution is 0.476. The van der Waals surface area contributed by atoms with E-state index in [0.717, 1.165) is 16.7 Å². The van der Waals surface area contributed by atoms with Crippen LogP contribution < -0.4 is 5.73 Å². The van der Waals surface area contributed by atoms with E-state index in [1.165, 1.54) is 0 Å². The summed E-state index contributed by atoms with van der Waals surface area (Å²) in [5, 5.41) is 14.1. The van der Waals surface area contributed by atoms with Gasteiger partial charge >= 0.3 is 0 Å². The molecular formula is C14H19N3O. The van der Waals surface area contributed by atoms with Crippen molar-refractivity contribution in [3.05, 3.63) is 30.0 Å². The molecule has 4 heteroatoms. The number of rotatable bonds is 1. The van der Waals surface area contributed by atoms with E-state index in [9.17, 15) is 5.11 Å². The number of aromatic nitrogens is 2. The maximum atomic E-state index is 10.00. The van der Waals surface area contributed by atoms with Gasteiger partial charge in [0.1, 0.15) is 11.6 Å². The topological polar surface area (TPSA) is 64.1 Å². The molecule has 0 fully saturated rings. The lowest BCUT2D eigenvalue weighted by atomic mass is 9.85. The van der Waals surface area contributed by atoms with E-state index in [2.05, 4.69) is 25.9 Å². The van der Waals surface area contributed by atoms with Crippen LogP contribution in [-0.2, 0) is 12.5 Å². The average Bonchev–Trinajstić information content (AvgIpc) is 2.59. The minimum Gasteiger partial charge on any atom is -0.507 e. The monoisotopic (exact) mass is 245 g/mol. The number of benzene rings is 1. The van der Waals surface area contributed by atoms with E-state index in [4.69, 9.17) is 5.73 Å². The van der Waals surface area contributed by atoms with Gasteiger partial charge in [-0.25, -0.2) is 0 Å². The predicted molar refractivity (Wildman–Crippen MR) is 73.4 cm³/mol. The Labute approximate surface area is 107 Å². The van der Waals surface area contributed by atoms with Crippen LogP contribution in [0.25, 0.3) is 11.1 Å². The minimum atomic E-state index is 0.0272. The highest BCUT2D eigenvalue weighted by molar-refractivity contribution is 5.78. The number of anilines is 1. The fraction of sp³-hybridized carbons (Fsp3) is 0.357. The third-order valence-corrected chi connectivity index (χ3v) is 3.14. The van der Waals surface area contributed by atoms with Crippen molar-refractivity contribution >= 4 is 5.82 Å². The predicted octanol–water partition coefficient (Wildman–Crippen LogP) is 2.67. The van der Waals surface area contributed by atoms with Crippen LogP contribution in [0.1, 0.15) is 26.3 Å². The van der Waals surface area contributed by atoms with Gasteiger partial charge in [-0.1, -0.05) is 26.8 Å². The van der Waals surface area contributed by atoms with E-state index < -0.39 is 0 Å². The second-order valence-corrected chi connectivity index (χ2v) is 5.55. The number of aryl methyl sites for hydroxylation is 1. The second-order valence-electron chi connectivity index (χ2n) is 5.55. The van der Waals surface area contributed by atoms with Gasteiger partial charge in [0.15, 0.2) is 0 Å². The molecule has 0 unspecified atom stereocenters.